The van der Waals surface area contributed by atoms with E-state index in [-0.39, 0.29) is 18.1 Å². The Bertz CT molecular complexity index is 1380. The van der Waals surface area contributed by atoms with Gasteiger partial charge in [0.25, 0.3) is 0 Å². The van der Waals surface area contributed by atoms with Crippen LogP contribution in [-0.4, -0.2) is 17.5 Å². The van der Waals surface area contributed by atoms with Crippen molar-refractivity contribution in [1.29, 1.82) is 0 Å². The van der Waals surface area contributed by atoms with Crippen LogP contribution in [0.4, 0.5) is 0 Å². The molecular weight excluding hydrogens is 485 g/mol. The van der Waals surface area contributed by atoms with Gasteiger partial charge in [-0.3, -0.25) is 9.59 Å². The highest BCUT2D eigenvalue weighted by Crippen LogP contribution is 2.59. The smallest absolute Gasteiger partial charge is 0.227 e. The van der Waals surface area contributed by atoms with Crippen LogP contribution in [0.1, 0.15) is 15.9 Å². The molecule has 0 aromatic heterocycles. The number of Topliss-reactive ketones (excluding diaryl/α,β-unsaturated/α-hetero) is 1. The van der Waals surface area contributed by atoms with E-state index in [9.17, 15) is 9.59 Å². The van der Waals surface area contributed by atoms with Gasteiger partial charge in [-0.15, -0.1) is 0 Å². The summed E-state index contributed by atoms with van der Waals surface area (Å²) in [6, 6.07) is 49.4. The second kappa shape index (κ2) is 11.8. The second-order valence-corrected chi connectivity index (χ2v) is 12.6. The molecule has 0 aliphatic rings. The minimum Gasteiger partial charge on any atom is -0.314 e. The highest BCUT2D eigenvalue weighted by molar-refractivity contribution is 7.96. The third-order valence-electron chi connectivity index (χ3n) is 6.69. The summed E-state index contributed by atoms with van der Waals surface area (Å²) < 4.78 is 0. The molecule has 0 bridgehead atoms. The van der Waals surface area contributed by atoms with Gasteiger partial charge >= 0.3 is 0 Å². The molecule has 0 radical (unpaired) electrons. The maximum absolute atomic E-state index is 14.5. The monoisotopic (exact) mass is 514 g/mol. The quantitative estimate of drug-likeness (QED) is 0.207. The number of carbonyl (C=O) groups is 2. The Morgan fingerprint density at radius 3 is 1.32 bits per heavy atom. The molecule has 0 heterocycles. The van der Waals surface area contributed by atoms with Crippen molar-refractivity contribution in [3.8, 4) is 0 Å². The standard InChI is InChI=1S/C34H28NO2P/c36-32(26-27-16-6-1-7-17-27)35-34(33(37)28-18-8-2-9-19-28)38(29-20-10-3-11-21-29,30-22-12-4-13-23-30)31-24-14-5-15-25-31/h1-25,34H,26H2/p+1/t34-/m0/s1. The molecule has 186 valence electrons. The fourth-order valence-corrected chi connectivity index (χ4v) is 9.52. The van der Waals surface area contributed by atoms with E-state index in [0.717, 1.165) is 21.5 Å². The molecular formula is C34H29NO2P+. The molecule has 0 saturated carbocycles. The number of hydrogen-bond acceptors (Lipinski definition) is 2. The van der Waals surface area contributed by atoms with E-state index in [0.29, 0.717) is 5.56 Å². The molecule has 5 aromatic carbocycles. The predicted octanol–water partition coefficient (Wildman–Crippen LogP) is 5.55. The Morgan fingerprint density at radius 2 is 0.895 bits per heavy atom. The van der Waals surface area contributed by atoms with Crippen LogP contribution in [0.3, 0.4) is 0 Å². The van der Waals surface area contributed by atoms with Gasteiger partial charge in [0.05, 0.1) is 6.42 Å². The number of hydrogen-bond donors (Lipinski definition) is 1. The first-order valence-corrected chi connectivity index (χ1v) is 14.5. The maximum Gasteiger partial charge on any atom is 0.227 e. The summed E-state index contributed by atoms with van der Waals surface area (Å²) in [5.74, 6) is -1.08. The fraction of sp³-hybridized carbons (Fsp3) is 0.0588. The lowest BCUT2D eigenvalue weighted by atomic mass is 10.1. The first-order chi connectivity index (χ1) is 18.7. The fourth-order valence-electron chi connectivity index (χ4n) is 4.97. The zero-order valence-electron chi connectivity index (χ0n) is 21.0. The second-order valence-electron chi connectivity index (χ2n) is 9.09. The Balaban J connectivity index is 1.75. The minimum atomic E-state index is -2.73. The molecule has 4 heteroatoms. The van der Waals surface area contributed by atoms with E-state index in [1.165, 1.54) is 0 Å². The van der Waals surface area contributed by atoms with E-state index in [1.54, 1.807) is 0 Å². The average Bonchev–Trinajstić information content (AvgIpc) is 2.99. The van der Waals surface area contributed by atoms with E-state index >= 15 is 0 Å². The van der Waals surface area contributed by atoms with Crippen molar-refractivity contribution in [2.24, 2.45) is 0 Å². The van der Waals surface area contributed by atoms with Gasteiger partial charge in [0, 0.05) is 5.56 Å². The normalized spacial score (nSPS) is 11.9. The highest BCUT2D eigenvalue weighted by atomic mass is 31.2. The maximum atomic E-state index is 14.5. The summed E-state index contributed by atoms with van der Waals surface area (Å²) in [7, 11) is -2.73. The molecule has 5 aromatic rings. The van der Waals surface area contributed by atoms with Crippen LogP contribution in [0.2, 0.25) is 0 Å². The van der Waals surface area contributed by atoms with Crippen molar-refractivity contribution in [1.82, 2.24) is 5.32 Å². The number of carbonyl (C=O) groups excluding carboxylic acids is 2. The molecule has 3 nitrogen and oxygen atoms in total. The minimum absolute atomic E-state index is 0.100. The van der Waals surface area contributed by atoms with Crippen LogP contribution < -0.4 is 21.2 Å². The zero-order valence-corrected chi connectivity index (χ0v) is 21.9. The molecule has 0 saturated heterocycles. The molecule has 0 spiro atoms. The molecule has 1 N–H and O–H groups in total. The Kier molecular flexibility index (Phi) is 7.87. The Labute approximate surface area is 224 Å². The Morgan fingerprint density at radius 1 is 0.526 bits per heavy atom. The number of rotatable bonds is 9. The highest BCUT2D eigenvalue weighted by Gasteiger charge is 2.56. The number of amides is 1. The van der Waals surface area contributed by atoms with Crippen LogP contribution >= 0.6 is 7.26 Å². The average molecular weight is 515 g/mol. The van der Waals surface area contributed by atoms with E-state index in [4.69, 9.17) is 0 Å². The lowest BCUT2D eigenvalue weighted by molar-refractivity contribution is -0.120. The number of ketones is 1. The van der Waals surface area contributed by atoms with E-state index < -0.39 is 13.0 Å². The van der Waals surface area contributed by atoms with Gasteiger partial charge < -0.3 is 5.32 Å². The van der Waals surface area contributed by atoms with Gasteiger partial charge in [0.15, 0.2) is 0 Å². The van der Waals surface area contributed by atoms with Gasteiger partial charge in [0.2, 0.25) is 17.5 Å². The van der Waals surface area contributed by atoms with Gasteiger partial charge in [-0.25, -0.2) is 0 Å². The van der Waals surface area contributed by atoms with Crippen LogP contribution in [-0.2, 0) is 11.2 Å². The first-order valence-electron chi connectivity index (χ1n) is 12.7. The van der Waals surface area contributed by atoms with Crippen LogP contribution in [0.15, 0.2) is 152 Å². The summed E-state index contributed by atoms with van der Waals surface area (Å²) in [6.07, 6.45) is 0.192. The van der Waals surface area contributed by atoms with E-state index in [2.05, 4.69) is 41.7 Å². The van der Waals surface area contributed by atoms with Crippen molar-refractivity contribution in [3.05, 3.63) is 163 Å². The predicted molar refractivity (Wildman–Crippen MR) is 158 cm³/mol. The topological polar surface area (TPSA) is 46.2 Å². The summed E-state index contributed by atoms with van der Waals surface area (Å²) in [6.45, 7) is 0. The van der Waals surface area contributed by atoms with Crippen LogP contribution in [0.25, 0.3) is 0 Å². The lowest BCUT2D eigenvalue weighted by Crippen LogP contribution is -2.51. The summed E-state index contributed by atoms with van der Waals surface area (Å²) >= 11 is 0. The molecule has 1 atom stereocenters. The lowest BCUT2D eigenvalue weighted by Gasteiger charge is -2.34. The molecule has 38 heavy (non-hydrogen) atoms. The van der Waals surface area contributed by atoms with E-state index in [1.807, 2.05) is 115 Å². The first kappa shape index (κ1) is 25.3. The van der Waals surface area contributed by atoms with Crippen molar-refractivity contribution < 1.29 is 9.59 Å². The van der Waals surface area contributed by atoms with Crippen molar-refractivity contribution in [2.75, 3.05) is 0 Å². The molecule has 1 amide bonds. The summed E-state index contributed by atoms with van der Waals surface area (Å²) in [4.78, 5) is 28.2. The third kappa shape index (κ3) is 5.20. The van der Waals surface area contributed by atoms with Gasteiger partial charge in [0.1, 0.15) is 23.2 Å². The summed E-state index contributed by atoms with van der Waals surface area (Å²) in [5, 5.41) is 6.36. The molecule has 0 aliphatic heterocycles. The van der Waals surface area contributed by atoms with Crippen molar-refractivity contribution >= 4 is 34.9 Å². The molecule has 0 unspecified atom stereocenters. The van der Waals surface area contributed by atoms with Crippen LogP contribution in [0, 0.1) is 0 Å². The summed E-state index contributed by atoms with van der Waals surface area (Å²) in [5.41, 5.74) is 1.48. The third-order valence-corrected chi connectivity index (χ3v) is 11.2. The molecule has 0 fully saturated rings. The molecule has 0 aliphatic carbocycles. The largest absolute Gasteiger partial charge is 0.314 e. The SMILES string of the molecule is O=C(Cc1ccccc1)N[C@H](C(=O)c1ccccc1)[P+](c1ccccc1)(c1ccccc1)c1ccccc1. The van der Waals surface area contributed by atoms with Crippen molar-refractivity contribution in [3.63, 3.8) is 0 Å². The Hall–Kier alpha value is -4.33. The van der Waals surface area contributed by atoms with Gasteiger partial charge in [-0.2, -0.15) is 0 Å². The zero-order chi connectivity index (χ0) is 26.2. The van der Waals surface area contributed by atoms with Crippen molar-refractivity contribution in [2.45, 2.75) is 12.2 Å². The number of nitrogens with one attached hydrogen (secondary N) is 1. The number of benzene rings is 5. The van der Waals surface area contributed by atoms with Gasteiger partial charge in [-0.1, -0.05) is 115 Å². The molecule has 5 rings (SSSR count). The van der Waals surface area contributed by atoms with Gasteiger partial charge in [-0.05, 0) is 42.0 Å². The van der Waals surface area contributed by atoms with Crippen LogP contribution in [0.5, 0.6) is 0 Å².